The Bertz CT molecular complexity index is 593. The van der Waals surface area contributed by atoms with Gasteiger partial charge in [-0.2, -0.15) is 0 Å². The van der Waals surface area contributed by atoms with E-state index in [1.165, 1.54) is 0 Å². The summed E-state index contributed by atoms with van der Waals surface area (Å²) in [5.41, 5.74) is 1.46. The Morgan fingerprint density at radius 3 is 2.18 bits per heavy atom. The molecule has 1 aromatic carbocycles. The van der Waals surface area contributed by atoms with Crippen molar-refractivity contribution >= 4 is 0 Å². The smallest absolute Gasteiger partial charge is 0.165 e. The van der Waals surface area contributed by atoms with Crippen LogP contribution in [0.15, 0.2) is 36.4 Å². The summed E-state index contributed by atoms with van der Waals surface area (Å²) in [5, 5.41) is 11.4. The largest absolute Gasteiger partial charge is 0.377 e. The number of aryl methyl sites for hydroxylation is 2. The standard InChI is InChI=1S/C18H25N3O/c1-14-13-15(2)20-17(19-14)18(22,11-8-12-21(3)4)16-9-6-5-7-10-16/h5-7,9-10,13,22H,8,11-12H2,1-4H3. The quantitative estimate of drug-likeness (QED) is 0.891. The maximum Gasteiger partial charge on any atom is 0.165 e. The molecular formula is C18H25N3O. The molecule has 0 radical (unpaired) electrons. The summed E-state index contributed by atoms with van der Waals surface area (Å²) in [5.74, 6) is 0.495. The van der Waals surface area contributed by atoms with Gasteiger partial charge < -0.3 is 10.0 Å². The molecule has 0 amide bonds. The van der Waals surface area contributed by atoms with Crippen molar-refractivity contribution in [3.63, 3.8) is 0 Å². The molecule has 2 aromatic rings. The van der Waals surface area contributed by atoms with E-state index in [1.54, 1.807) is 0 Å². The fraction of sp³-hybridized carbons (Fsp3) is 0.444. The lowest BCUT2D eigenvalue weighted by molar-refractivity contribution is 0.0568. The van der Waals surface area contributed by atoms with Gasteiger partial charge in [-0.15, -0.1) is 0 Å². The van der Waals surface area contributed by atoms with Crippen molar-refractivity contribution < 1.29 is 5.11 Å². The van der Waals surface area contributed by atoms with E-state index in [0.717, 1.165) is 29.9 Å². The number of benzene rings is 1. The Morgan fingerprint density at radius 1 is 1.05 bits per heavy atom. The summed E-state index contributed by atoms with van der Waals surface area (Å²) in [6.45, 7) is 4.78. The predicted octanol–water partition coefficient (Wildman–Crippen LogP) is 2.67. The molecule has 4 nitrogen and oxygen atoms in total. The fourth-order valence-electron chi connectivity index (χ4n) is 2.66. The van der Waals surface area contributed by atoms with Crippen LogP contribution in [0.1, 0.15) is 35.6 Å². The van der Waals surface area contributed by atoms with Crippen molar-refractivity contribution in [1.29, 1.82) is 0 Å². The molecule has 0 saturated heterocycles. The number of hydrogen-bond acceptors (Lipinski definition) is 4. The van der Waals surface area contributed by atoms with Gasteiger partial charge in [-0.3, -0.25) is 0 Å². The SMILES string of the molecule is Cc1cc(C)nc(C(O)(CCCN(C)C)c2ccccc2)n1. The number of rotatable bonds is 6. The third kappa shape index (κ3) is 3.90. The fourth-order valence-corrected chi connectivity index (χ4v) is 2.66. The van der Waals surface area contributed by atoms with Gasteiger partial charge in [0, 0.05) is 11.4 Å². The molecule has 0 saturated carbocycles. The highest BCUT2D eigenvalue weighted by Gasteiger charge is 2.34. The van der Waals surface area contributed by atoms with E-state index >= 15 is 0 Å². The third-order valence-corrected chi connectivity index (χ3v) is 3.75. The number of hydrogen-bond donors (Lipinski definition) is 1. The Labute approximate surface area is 132 Å². The summed E-state index contributed by atoms with van der Waals surface area (Å²) >= 11 is 0. The maximum absolute atomic E-state index is 11.4. The zero-order valence-corrected chi connectivity index (χ0v) is 13.9. The van der Waals surface area contributed by atoms with Crippen LogP contribution in [0, 0.1) is 13.8 Å². The van der Waals surface area contributed by atoms with Crippen molar-refractivity contribution in [2.45, 2.75) is 32.3 Å². The van der Waals surface area contributed by atoms with Crippen LogP contribution in [0.2, 0.25) is 0 Å². The third-order valence-electron chi connectivity index (χ3n) is 3.75. The molecule has 4 heteroatoms. The van der Waals surface area contributed by atoms with E-state index in [0.29, 0.717) is 12.2 Å². The number of aromatic nitrogens is 2. The van der Waals surface area contributed by atoms with Gasteiger partial charge in [0.1, 0.15) is 5.60 Å². The molecule has 1 heterocycles. The van der Waals surface area contributed by atoms with Crippen LogP contribution in [0.3, 0.4) is 0 Å². The monoisotopic (exact) mass is 299 g/mol. The first kappa shape index (κ1) is 16.6. The van der Waals surface area contributed by atoms with E-state index in [4.69, 9.17) is 0 Å². The minimum Gasteiger partial charge on any atom is -0.377 e. The van der Waals surface area contributed by atoms with Gasteiger partial charge in [0.15, 0.2) is 5.82 Å². The Morgan fingerprint density at radius 2 is 1.64 bits per heavy atom. The van der Waals surface area contributed by atoms with Gasteiger partial charge in [-0.25, -0.2) is 9.97 Å². The predicted molar refractivity (Wildman–Crippen MR) is 88.7 cm³/mol. The lowest BCUT2D eigenvalue weighted by Crippen LogP contribution is -2.31. The first-order valence-corrected chi connectivity index (χ1v) is 7.67. The molecule has 0 bridgehead atoms. The van der Waals surface area contributed by atoms with E-state index in [-0.39, 0.29) is 0 Å². The highest BCUT2D eigenvalue weighted by molar-refractivity contribution is 5.30. The van der Waals surface area contributed by atoms with Crippen LogP contribution < -0.4 is 0 Å². The second-order valence-electron chi connectivity index (χ2n) is 6.11. The summed E-state index contributed by atoms with van der Waals surface area (Å²) < 4.78 is 0. The van der Waals surface area contributed by atoms with Crippen LogP contribution in [-0.2, 0) is 5.60 Å². The molecule has 0 aliphatic heterocycles. The second kappa shape index (κ2) is 6.99. The van der Waals surface area contributed by atoms with E-state index in [1.807, 2.05) is 64.3 Å². The summed E-state index contributed by atoms with van der Waals surface area (Å²) in [4.78, 5) is 11.1. The first-order valence-electron chi connectivity index (χ1n) is 7.67. The molecule has 1 atom stereocenters. The normalized spacial score (nSPS) is 14.1. The van der Waals surface area contributed by atoms with E-state index < -0.39 is 5.60 Å². The topological polar surface area (TPSA) is 49.3 Å². The molecule has 0 aliphatic rings. The summed E-state index contributed by atoms with van der Waals surface area (Å²) in [6, 6.07) is 11.6. The maximum atomic E-state index is 11.4. The van der Waals surface area contributed by atoms with Gasteiger partial charge in [0.25, 0.3) is 0 Å². The lowest BCUT2D eigenvalue weighted by Gasteiger charge is -2.28. The van der Waals surface area contributed by atoms with Crippen molar-refractivity contribution in [3.05, 3.63) is 59.2 Å². The molecule has 2 rings (SSSR count). The van der Waals surface area contributed by atoms with Gasteiger partial charge in [-0.05, 0) is 59.0 Å². The molecule has 1 N–H and O–H groups in total. The van der Waals surface area contributed by atoms with E-state index in [2.05, 4.69) is 14.9 Å². The Hall–Kier alpha value is -1.78. The Balaban J connectivity index is 2.40. The molecule has 0 aliphatic carbocycles. The number of aliphatic hydroxyl groups is 1. The van der Waals surface area contributed by atoms with Crippen LogP contribution in [0.25, 0.3) is 0 Å². The lowest BCUT2D eigenvalue weighted by atomic mass is 9.88. The zero-order valence-electron chi connectivity index (χ0n) is 13.9. The van der Waals surface area contributed by atoms with Crippen LogP contribution in [0.5, 0.6) is 0 Å². The first-order chi connectivity index (χ1) is 10.4. The minimum atomic E-state index is -1.14. The van der Waals surface area contributed by atoms with Crippen molar-refractivity contribution in [2.75, 3.05) is 20.6 Å². The molecule has 1 aromatic heterocycles. The average Bonchev–Trinajstić information content (AvgIpc) is 2.46. The van der Waals surface area contributed by atoms with Gasteiger partial charge in [0.2, 0.25) is 0 Å². The van der Waals surface area contributed by atoms with Gasteiger partial charge in [-0.1, -0.05) is 30.3 Å². The highest BCUT2D eigenvalue weighted by atomic mass is 16.3. The molecular weight excluding hydrogens is 274 g/mol. The molecule has 0 spiro atoms. The number of nitrogens with zero attached hydrogens (tertiary/aromatic N) is 3. The zero-order chi connectivity index (χ0) is 16.2. The molecule has 0 fully saturated rings. The van der Waals surface area contributed by atoms with Crippen LogP contribution >= 0.6 is 0 Å². The van der Waals surface area contributed by atoms with Crippen molar-refractivity contribution in [1.82, 2.24) is 14.9 Å². The van der Waals surface area contributed by atoms with Crippen molar-refractivity contribution in [3.8, 4) is 0 Å². The Kier molecular flexibility index (Phi) is 5.27. The summed E-state index contributed by atoms with van der Waals surface area (Å²) in [6.07, 6.45) is 1.47. The molecule has 22 heavy (non-hydrogen) atoms. The molecule has 118 valence electrons. The second-order valence-corrected chi connectivity index (χ2v) is 6.11. The average molecular weight is 299 g/mol. The summed E-state index contributed by atoms with van der Waals surface area (Å²) in [7, 11) is 4.07. The highest BCUT2D eigenvalue weighted by Crippen LogP contribution is 2.32. The van der Waals surface area contributed by atoms with Gasteiger partial charge in [0.05, 0.1) is 0 Å². The van der Waals surface area contributed by atoms with Crippen LogP contribution in [0.4, 0.5) is 0 Å². The van der Waals surface area contributed by atoms with Gasteiger partial charge >= 0.3 is 0 Å². The van der Waals surface area contributed by atoms with E-state index in [9.17, 15) is 5.11 Å². The molecule has 1 unspecified atom stereocenters. The minimum absolute atomic E-state index is 0.495. The van der Waals surface area contributed by atoms with Crippen molar-refractivity contribution in [2.24, 2.45) is 0 Å². The van der Waals surface area contributed by atoms with Crippen LogP contribution in [-0.4, -0.2) is 40.6 Å².